The molecule has 1 aliphatic carbocycles. The summed E-state index contributed by atoms with van der Waals surface area (Å²) in [6.45, 7) is 1.03. The zero-order chi connectivity index (χ0) is 15.3. The molecule has 0 N–H and O–H groups in total. The molecule has 6 nitrogen and oxygen atoms in total. The lowest BCUT2D eigenvalue weighted by molar-refractivity contribution is -0.131. The smallest absolute Gasteiger partial charge is 0.244 e. The topological polar surface area (TPSA) is 72.3 Å². The Hall–Kier alpha value is -1.63. The molecule has 0 spiro atoms. The molecule has 2 aliphatic rings. The van der Waals surface area contributed by atoms with Gasteiger partial charge in [0.25, 0.3) is 0 Å². The van der Waals surface area contributed by atoms with Gasteiger partial charge in [-0.15, -0.1) is 0 Å². The van der Waals surface area contributed by atoms with Crippen LogP contribution in [0.2, 0.25) is 0 Å². The predicted octanol–water partition coefficient (Wildman–Crippen LogP) is 0.613. The van der Waals surface area contributed by atoms with Crippen molar-refractivity contribution in [1.29, 1.82) is 0 Å². The van der Waals surface area contributed by atoms with Crippen molar-refractivity contribution in [3.63, 3.8) is 0 Å². The average molecular weight is 309 g/mol. The number of hydrogen-bond donors (Lipinski definition) is 0. The fourth-order valence-electron chi connectivity index (χ4n) is 2.92. The second kappa shape index (κ2) is 4.69. The molecule has 0 radical (unpaired) electrons. The third-order valence-electron chi connectivity index (χ3n) is 4.45. The maximum atomic E-state index is 12.5. The van der Waals surface area contributed by atoms with Crippen LogP contribution < -0.4 is 0 Å². The van der Waals surface area contributed by atoms with Crippen LogP contribution in [0, 0.1) is 0 Å². The summed E-state index contributed by atoms with van der Waals surface area (Å²) >= 11 is 0. The third kappa shape index (κ3) is 2.29. The molecule has 114 valence electrons. The van der Waals surface area contributed by atoms with Crippen molar-refractivity contribution < 1.29 is 13.2 Å². The minimum Gasteiger partial charge on any atom is -0.337 e. The third-order valence-corrected chi connectivity index (χ3v) is 6.45. The Morgan fingerprint density at radius 3 is 2.52 bits per heavy atom. The molecule has 1 amide bonds. The van der Waals surface area contributed by atoms with Crippen molar-refractivity contribution >= 4 is 21.3 Å². The van der Waals surface area contributed by atoms with Gasteiger partial charge in [0.15, 0.2) is 14.6 Å². The largest absolute Gasteiger partial charge is 0.337 e. The van der Waals surface area contributed by atoms with Crippen molar-refractivity contribution in [3.8, 4) is 0 Å². The van der Waals surface area contributed by atoms with E-state index in [9.17, 15) is 13.2 Å². The Morgan fingerprint density at radius 2 is 2.10 bits per heavy atom. The highest BCUT2D eigenvalue weighted by molar-refractivity contribution is 7.93. The van der Waals surface area contributed by atoms with E-state index in [-0.39, 0.29) is 5.91 Å². The van der Waals surface area contributed by atoms with E-state index in [1.807, 2.05) is 23.9 Å². The number of nitrogens with zero attached hydrogens (tertiary/aromatic N) is 3. The van der Waals surface area contributed by atoms with Crippen LogP contribution in [-0.4, -0.2) is 53.1 Å². The maximum Gasteiger partial charge on any atom is 0.244 e. The lowest BCUT2D eigenvalue weighted by Crippen LogP contribution is -2.46. The van der Waals surface area contributed by atoms with Gasteiger partial charge in [-0.3, -0.25) is 9.48 Å². The molecular weight excluding hydrogens is 290 g/mol. The molecule has 2 heterocycles. The van der Waals surface area contributed by atoms with Crippen molar-refractivity contribution in [2.75, 3.05) is 19.3 Å². The van der Waals surface area contributed by atoms with Crippen LogP contribution in [0.3, 0.4) is 0 Å². The number of aromatic nitrogens is 2. The standard InChI is InChI=1S/C14H19N3O3S/c1-16-12(3-8-15-16)11-4-9-17(10-5-11)13(18)14(6-7-14)21(2,19)20/h3-4,8H,5-7,9-10H2,1-2H3. The van der Waals surface area contributed by atoms with Crippen molar-refractivity contribution in [2.45, 2.75) is 24.0 Å². The number of carbonyl (C=O) groups is 1. The first-order chi connectivity index (χ1) is 9.85. The van der Waals surface area contributed by atoms with E-state index in [1.54, 1.807) is 11.1 Å². The van der Waals surface area contributed by atoms with Gasteiger partial charge in [0.05, 0.1) is 5.69 Å². The molecule has 1 aromatic rings. The van der Waals surface area contributed by atoms with Crippen LogP contribution in [0.4, 0.5) is 0 Å². The van der Waals surface area contributed by atoms with Gasteiger partial charge in [0, 0.05) is 32.6 Å². The summed E-state index contributed by atoms with van der Waals surface area (Å²) in [7, 11) is -1.44. The van der Waals surface area contributed by atoms with E-state index in [0.717, 1.165) is 17.7 Å². The lowest BCUT2D eigenvalue weighted by atomic mass is 10.0. The molecule has 0 atom stereocenters. The van der Waals surface area contributed by atoms with Gasteiger partial charge in [-0.25, -0.2) is 8.42 Å². The van der Waals surface area contributed by atoms with Crippen LogP contribution in [0.5, 0.6) is 0 Å². The molecule has 1 aromatic heterocycles. The van der Waals surface area contributed by atoms with E-state index in [4.69, 9.17) is 0 Å². The second-order valence-electron chi connectivity index (χ2n) is 5.84. The first-order valence-electron chi connectivity index (χ1n) is 7.01. The normalized spacial score (nSPS) is 21.0. The Balaban J connectivity index is 1.76. The highest BCUT2D eigenvalue weighted by Gasteiger charge is 2.60. The molecule has 7 heteroatoms. The zero-order valence-corrected chi connectivity index (χ0v) is 13.1. The van der Waals surface area contributed by atoms with Crippen molar-refractivity contribution in [3.05, 3.63) is 24.0 Å². The van der Waals surface area contributed by atoms with Gasteiger partial charge in [0.2, 0.25) is 5.91 Å². The minimum atomic E-state index is -3.33. The molecule has 3 rings (SSSR count). The highest BCUT2D eigenvalue weighted by atomic mass is 32.2. The molecule has 1 saturated carbocycles. The Morgan fingerprint density at radius 1 is 1.38 bits per heavy atom. The van der Waals surface area contributed by atoms with Crippen molar-refractivity contribution in [2.24, 2.45) is 7.05 Å². The van der Waals surface area contributed by atoms with E-state index < -0.39 is 14.6 Å². The van der Waals surface area contributed by atoms with Gasteiger partial charge >= 0.3 is 0 Å². The van der Waals surface area contributed by atoms with E-state index in [0.29, 0.717) is 25.9 Å². The highest BCUT2D eigenvalue weighted by Crippen LogP contribution is 2.45. The number of hydrogen-bond acceptors (Lipinski definition) is 4. The fraction of sp³-hybridized carbons (Fsp3) is 0.571. The summed E-state index contributed by atoms with van der Waals surface area (Å²) in [4.78, 5) is 14.1. The number of aryl methyl sites for hydroxylation is 1. The first-order valence-corrected chi connectivity index (χ1v) is 8.91. The molecule has 0 bridgehead atoms. The molecule has 0 aromatic carbocycles. The summed E-state index contributed by atoms with van der Waals surface area (Å²) in [6, 6.07) is 1.95. The number of rotatable bonds is 3. The van der Waals surface area contributed by atoms with E-state index in [2.05, 4.69) is 5.10 Å². The van der Waals surface area contributed by atoms with Crippen LogP contribution in [-0.2, 0) is 21.7 Å². The molecule has 21 heavy (non-hydrogen) atoms. The Kier molecular flexibility index (Phi) is 3.20. The van der Waals surface area contributed by atoms with Gasteiger partial charge in [-0.2, -0.15) is 5.10 Å². The van der Waals surface area contributed by atoms with E-state index >= 15 is 0 Å². The van der Waals surface area contributed by atoms with E-state index in [1.165, 1.54) is 6.26 Å². The summed E-state index contributed by atoms with van der Waals surface area (Å²) in [5.74, 6) is -0.231. The fourth-order valence-corrected chi connectivity index (χ4v) is 4.21. The van der Waals surface area contributed by atoms with Gasteiger partial charge in [0.1, 0.15) is 0 Å². The summed E-state index contributed by atoms with van der Waals surface area (Å²) in [5, 5.41) is 4.14. The van der Waals surface area contributed by atoms with Gasteiger partial charge < -0.3 is 4.90 Å². The molecule has 0 unspecified atom stereocenters. The number of carbonyl (C=O) groups excluding carboxylic acids is 1. The van der Waals surface area contributed by atoms with Gasteiger partial charge in [-0.1, -0.05) is 6.08 Å². The van der Waals surface area contributed by atoms with Crippen LogP contribution in [0.15, 0.2) is 18.3 Å². The Labute approximate surface area is 124 Å². The zero-order valence-electron chi connectivity index (χ0n) is 12.2. The second-order valence-corrected chi connectivity index (χ2v) is 8.16. The molecular formula is C14H19N3O3S. The van der Waals surface area contributed by atoms with Crippen molar-refractivity contribution in [1.82, 2.24) is 14.7 Å². The summed E-state index contributed by atoms with van der Waals surface area (Å²) in [6.07, 6.45) is 6.55. The predicted molar refractivity (Wildman–Crippen MR) is 79.2 cm³/mol. The van der Waals surface area contributed by atoms with Gasteiger partial charge in [-0.05, 0) is 30.9 Å². The van der Waals surface area contributed by atoms with Crippen LogP contribution in [0.25, 0.3) is 5.57 Å². The maximum absolute atomic E-state index is 12.5. The quantitative estimate of drug-likeness (QED) is 0.820. The SMILES string of the molecule is Cn1nccc1C1=CCN(C(=O)C2(S(C)(=O)=O)CC2)CC1. The summed E-state index contributed by atoms with van der Waals surface area (Å²) in [5.41, 5.74) is 2.20. The number of sulfone groups is 1. The lowest BCUT2D eigenvalue weighted by Gasteiger charge is -2.29. The Bertz CT molecular complexity index is 714. The minimum absolute atomic E-state index is 0.231. The molecule has 0 saturated heterocycles. The number of amides is 1. The average Bonchev–Trinajstić information content (AvgIpc) is 3.16. The van der Waals surface area contributed by atoms with Crippen LogP contribution in [0.1, 0.15) is 25.0 Å². The monoisotopic (exact) mass is 309 g/mol. The summed E-state index contributed by atoms with van der Waals surface area (Å²) < 4.78 is 24.3. The molecule has 1 aliphatic heterocycles. The van der Waals surface area contributed by atoms with Crippen LogP contribution >= 0.6 is 0 Å². The molecule has 1 fully saturated rings. The first kappa shape index (κ1) is 14.3.